The summed E-state index contributed by atoms with van der Waals surface area (Å²) in [5.41, 5.74) is 0.519. The molecule has 1 N–H and O–H groups in total. The number of hydrogen-bond donors (Lipinski definition) is 1. The van der Waals surface area contributed by atoms with Crippen LogP contribution >= 0.6 is 22.9 Å². The number of anilines is 1. The normalized spacial score (nSPS) is 17.4. The molecule has 0 unspecified atom stereocenters. The number of nitrogens with one attached hydrogen (secondary N) is 1. The fourth-order valence-corrected chi connectivity index (χ4v) is 3.78. The van der Waals surface area contributed by atoms with Gasteiger partial charge in [0, 0.05) is 17.3 Å². The molecule has 0 spiro atoms. The Morgan fingerprint density at radius 1 is 1.30 bits per heavy atom. The van der Waals surface area contributed by atoms with Crippen LogP contribution in [0, 0.1) is 0 Å². The maximum Gasteiger partial charge on any atom is 0.329 e. The first kappa shape index (κ1) is 19.4. The van der Waals surface area contributed by atoms with Crippen LogP contribution in [-0.4, -0.2) is 41.4 Å². The summed E-state index contributed by atoms with van der Waals surface area (Å²) in [6.07, 6.45) is 0.259. The van der Waals surface area contributed by atoms with Crippen molar-refractivity contribution in [1.29, 1.82) is 0 Å². The number of carbonyl (C=O) groups excluding carboxylic acids is 3. The van der Waals surface area contributed by atoms with Crippen molar-refractivity contribution in [3.63, 3.8) is 0 Å². The maximum absolute atomic E-state index is 12.6. The zero-order valence-corrected chi connectivity index (χ0v) is 16.3. The molecule has 0 bridgehead atoms. The predicted octanol–water partition coefficient (Wildman–Crippen LogP) is 3.58. The number of esters is 1. The highest BCUT2D eigenvalue weighted by atomic mass is 35.5. The van der Waals surface area contributed by atoms with Crippen LogP contribution in [0.4, 0.5) is 5.69 Å². The fraction of sp³-hybridized carbons (Fsp3) is 0.316. The van der Waals surface area contributed by atoms with Gasteiger partial charge in [-0.1, -0.05) is 23.7 Å². The van der Waals surface area contributed by atoms with E-state index >= 15 is 0 Å². The van der Waals surface area contributed by atoms with E-state index in [4.69, 9.17) is 16.3 Å². The molecule has 2 atom stereocenters. The SMILES string of the molecule is C[C@@H](OC(=O)[C@@H]1CCCN1C(=O)c1cccs1)C(=O)Nc1cccc(Cl)c1. The van der Waals surface area contributed by atoms with E-state index in [0.717, 1.165) is 6.42 Å². The van der Waals surface area contributed by atoms with Crippen molar-refractivity contribution in [2.45, 2.75) is 31.9 Å². The van der Waals surface area contributed by atoms with E-state index in [-0.39, 0.29) is 5.91 Å². The summed E-state index contributed by atoms with van der Waals surface area (Å²) >= 11 is 7.23. The van der Waals surface area contributed by atoms with Crippen molar-refractivity contribution < 1.29 is 19.1 Å². The van der Waals surface area contributed by atoms with Crippen molar-refractivity contribution >= 4 is 46.4 Å². The second kappa shape index (κ2) is 8.54. The van der Waals surface area contributed by atoms with Crippen LogP contribution in [-0.2, 0) is 14.3 Å². The maximum atomic E-state index is 12.6. The second-order valence-electron chi connectivity index (χ2n) is 6.21. The molecule has 8 heteroatoms. The van der Waals surface area contributed by atoms with Crippen LogP contribution in [0.5, 0.6) is 0 Å². The van der Waals surface area contributed by atoms with Gasteiger partial charge in [-0.3, -0.25) is 9.59 Å². The van der Waals surface area contributed by atoms with Gasteiger partial charge < -0.3 is 15.0 Å². The Balaban J connectivity index is 1.60. The Labute approximate surface area is 166 Å². The molecular formula is C19H19ClN2O4S. The first-order valence-corrected chi connectivity index (χ1v) is 9.83. The predicted molar refractivity (Wildman–Crippen MR) is 104 cm³/mol. The molecular weight excluding hydrogens is 388 g/mol. The summed E-state index contributed by atoms with van der Waals surface area (Å²) in [4.78, 5) is 39.5. The molecule has 2 aromatic rings. The Hall–Kier alpha value is -2.38. The molecule has 3 rings (SSSR count). The van der Waals surface area contributed by atoms with Crippen molar-refractivity contribution in [2.75, 3.05) is 11.9 Å². The molecule has 0 saturated carbocycles. The highest BCUT2D eigenvalue weighted by Gasteiger charge is 2.37. The average Bonchev–Trinajstić information content (AvgIpc) is 3.33. The number of amides is 2. The van der Waals surface area contributed by atoms with Crippen molar-refractivity contribution in [1.82, 2.24) is 4.90 Å². The fourth-order valence-electron chi connectivity index (χ4n) is 2.91. The smallest absolute Gasteiger partial charge is 0.329 e. The number of benzene rings is 1. The minimum absolute atomic E-state index is 0.180. The Bertz CT molecular complexity index is 840. The third-order valence-electron chi connectivity index (χ3n) is 4.27. The minimum Gasteiger partial charge on any atom is -0.451 e. The van der Waals surface area contributed by atoms with E-state index in [0.29, 0.717) is 28.6 Å². The number of halogens is 1. The van der Waals surface area contributed by atoms with Crippen LogP contribution in [0.15, 0.2) is 41.8 Å². The second-order valence-corrected chi connectivity index (χ2v) is 7.60. The molecule has 1 aromatic carbocycles. The van der Waals surface area contributed by atoms with Gasteiger partial charge in [0.1, 0.15) is 6.04 Å². The van der Waals surface area contributed by atoms with Gasteiger partial charge in [-0.15, -0.1) is 11.3 Å². The van der Waals surface area contributed by atoms with E-state index in [1.165, 1.54) is 23.2 Å². The third kappa shape index (κ3) is 4.67. The number of rotatable bonds is 5. The minimum atomic E-state index is -0.990. The molecule has 1 aliphatic heterocycles. The topological polar surface area (TPSA) is 75.7 Å². The zero-order chi connectivity index (χ0) is 19.4. The number of thiophene rings is 1. The summed E-state index contributed by atoms with van der Waals surface area (Å²) in [5, 5.41) is 4.97. The monoisotopic (exact) mass is 406 g/mol. The molecule has 142 valence electrons. The van der Waals surface area contributed by atoms with Gasteiger partial charge in [0.25, 0.3) is 11.8 Å². The summed E-state index contributed by atoms with van der Waals surface area (Å²) in [6.45, 7) is 2.00. The van der Waals surface area contributed by atoms with Crippen LogP contribution in [0.1, 0.15) is 29.4 Å². The lowest BCUT2D eigenvalue weighted by molar-refractivity contribution is -0.156. The van der Waals surface area contributed by atoms with Crippen molar-refractivity contribution in [3.8, 4) is 0 Å². The van der Waals surface area contributed by atoms with Crippen LogP contribution < -0.4 is 5.32 Å². The summed E-state index contributed by atoms with van der Waals surface area (Å²) in [7, 11) is 0. The highest BCUT2D eigenvalue weighted by molar-refractivity contribution is 7.12. The Morgan fingerprint density at radius 3 is 2.81 bits per heavy atom. The Morgan fingerprint density at radius 2 is 2.11 bits per heavy atom. The zero-order valence-electron chi connectivity index (χ0n) is 14.7. The lowest BCUT2D eigenvalue weighted by atomic mass is 10.2. The van der Waals surface area contributed by atoms with E-state index in [1.807, 2.05) is 5.38 Å². The van der Waals surface area contributed by atoms with E-state index < -0.39 is 24.0 Å². The van der Waals surface area contributed by atoms with Gasteiger partial charge >= 0.3 is 5.97 Å². The van der Waals surface area contributed by atoms with Gasteiger partial charge in [0.2, 0.25) is 0 Å². The highest BCUT2D eigenvalue weighted by Crippen LogP contribution is 2.23. The summed E-state index contributed by atoms with van der Waals surface area (Å²) < 4.78 is 5.32. The lowest BCUT2D eigenvalue weighted by Gasteiger charge is -2.24. The summed E-state index contributed by atoms with van der Waals surface area (Å²) in [6, 6.07) is 9.56. The number of ether oxygens (including phenoxy) is 1. The molecule has 27 heavy (non-hydrogen) atoms. The van der Waals surface area contributed by atoms with Gasteiger partial charge in [-0.2, -0.15) is 0 Å². The first-order valence-electron chi connectivity index (χ1n) is 8.57. The molecule has 0 aliphatic carbocycles. The molecule has 1 aromatic heterocycles. The van der Waals surface area contributed by atoms with Gasteiger partial charge in [0.15, 0.2) is 6.10 Å². The molecule has 0 radical (unpaired) electrons. The third-order valence-corrected chi connectivity index (χ3v) is 5.36. The molecule has 6 nitrogen and oxygen atoms in total. The molecule has 2 heterocycles. The van der Waals surface area contributed by atoms with E-state index in [2.05, 4.69) is 5.32 Å². The Kier molecular flexibility index (Phi) is 6.13. The van der Waals surface area contributed by atoms with Crippen LogP contribution in [0.25, 0.3) is 0 Å². The van der Waals surface area contributed by atoms with Gasteiger partial charge in [-0.25, -0.2) is 4.79 Å². The number of likely N-dealkylation sites (tertiary alicyclic amines) is 1. The van der Waals surface area contributed by atoms with Crippen LogP contribution in [0.3, 0.4) is 0 Å². The molecule has 1 fully saturated rings. The number of carbonyl (C=O) groups is 3. The number of nitrogens with zero attached hydrogens (tertiary/aromatic N) is 1. The van der Waals surface area contributed by atoms with Gasteiger partial charge in [0.05, 0.1) is 4.88 Å². The average molecular weight is 407 g/mol. The lowest BCUT2D eigenvalue weighted by Crippen LogP contribution is -2.43. The first-order chi connectivity index (χ1) is 13.0. The largest absolute Gasteiger partial charge is 0.451 e. The quantitative estimate of drug-likeness (QED) is 0.770. The molecule has 2 amide bonds. The number of hydrogen-bond acceptors (Lipinski definition) is 5. The van der Waals surface area contributed by atoms with Crippen LogP contribution in [0.2, 0.25) is 5.02 Å². The van der Waals surface area contributed by atoms with E-state index in [1.54, 1.807) is 36.4 Å². The summed E-state index contributed by atoms with van der Waals surface area (Å²) in [5.74, 6) is -1.20. The van der Waals surface area contributed by atoms with Crippen molar-refractivity contribution in [2.24, 2.45) is 0 Å². The molecule has 1 aliphatic rings. The molecule has 1 saturated heterocycles. The van der Waals surface area contributed by atoms with Gasteiger partial charge in [-0.05, 0) is 49.4 Å². The van der Waals surface area contributed by atoms with E-state index in [9.17, 15) is 14.4 Å². The van der Waals surface area contributed by atoms with Crippen molar-refractivity contribution in [3.05, 3.63) is 51.7 Å². The standard InChI is InChI=1S/C19H19ClN2O4S/c1-12(17(23)21-14-6-2-5-13(20)11-14)26-19(25)15-7-3-9-22(15)18(24)16-8-4-10-27-16/h2,4-6,8,10-12,15H,3,7,9H2,1H3,(H,21,23)/t12-,15+/m1/s1.